The lowest BCUT2D eigenvalue weighted by atomic mass is 10.0. The summed E-state index contributed by atoms with van der Waals surface area (Å²) in [7, 11) is 0. The molecule has 0 amide bonds. The van der Waals surface area contributed by atoms with Gasteiger partial charge in [-0.1, -0.05) is 12.1 Å². The Labute approximate surface area is 179 Å². The van der Waals surface area contributed by atoms with E-state index in [1.54, 1.807) is 0 Å². The molecule has 1 aliphatic heterocycles. The van der Waals surface area contributed by atoms with Crippen molar-refractivity contribution in [1.29, 1.82) is 5.26 Å². The van der Waals surface area contributed by atoms with Gasteiger partial charge in [0.2, 0.25) is 0 Å². The summed E-state index contributed by atoms with van der Waals surface area (Å²) in [6.45, 7) is 5.70. The fourth-order valence-electron chi connectivity index (χ4n) is 3.07. The first-order chi connectivity index (χ1) is 12.3. The molecule has 1 unspecified atom stereocenters. The molecule has 1 aromatic rings. The number of piperidine rings is 1. The number of hydrogen-bond acceptors (Lipinski definition) is 4. The highest BCUT2D eigenvalue weighted by atomic mass is 127. The largest absolute Gasteiger partial charge is 0.368 e. The van der Waals surface area contributed by atoms with Crippen molar-refractivity contribution in [2.45, 2.75) is 32.2 Å². The molecule has 0 aromatic heterocycles. The molecule has 0 aliphatic carbocycles. The van der Waals surface area contributed by atoms with Gasteiger partial charge >= 0.3 is 0 Å². The molecule has 2 N–H and O–H groups in total. The van der Waals surface area contributed by atoms with Gasteiger partial charge in [0.1, 0.15) is 6.07 Å². The van der Waals surface area contributed by atoms with Crippen LogP contribution in [0.4, 0.5) is 5.69 Å². The van der Waals surface area contributed by atoms with Crippen molar-refractivity contribution in [2.24, 2.45) is 4.99 Å². The number of para-hydroxylation sites is 1. The van der Waals surface area contributed by atoms with Crippen LogP contribution in [0.1, 0.15) is 31.7 Å². The summed E-state index contributed by atoms with van der Waals surface area (Å²) in [6.07, 6.45) is 5.47. The maximum absolute atomic E-state index is 9.35. The van der Waals surface area contributed by atoms with Crippen LogP contribution >= 0.6 is 35.7 Å². The quantitative estimate of drug-likeness (QED) is 0.267. The number of halogens is 1. The van der Waals surface area contributed by atoms with Crippen molar-refractivity contribution < 1.29 is 0 Å². The summed E-state index contributed by atoms with van der Waals surface area (Å²) in [5.41, 5.74) is 1.79. The highest BCUT2D eigenvalue weighted by Gasteiger charge is 2.22. The molecule has 0 bridgehead atoms. The molecule has 0 spiro atoms. The monoisotopic (exact) mass is 487 g/mol. The third kappa shape index (κ3) is 7.23. The van der Waals surface area contributed by atoms with Crippen LogP contribution in [0.2, 0.25) is 0 Å². The molecule has 1 atom stereocenters. The number of nitrogens with one attached hydrogen (secondary N) is 2. The molecule has 5 nitrogen and oxygen atoms in total. The zero-order chi connectivity index (χ0) is 17.9. The molecule has 26 heavy (non-hydrogen) atoms. The Morgan fingerprint density at radius 2 is 2.23 bits per heavy atom. The van der Waals surface area contributed by atoms with Crippen molar-refractivity contribution in [2.75, 3.05) is 43.1 Å². The third-order valence-electron chi connectivity index (χ3n) is 4.25. The summed E-state index contributed by atoms with van der Waals surface area (Å²) < 4.78 is 0. The Morgan fingerprint density at radius 1 is 1.42 bits per heavy atom. The zero-order valence-electron chi connectivity index (χ0n) is 15.7. The number of rotatable bonds is 7. The molecule has 2 rings (SSSR count). The standard InChI is InChI=1S/C19H29N5S.HI/c1-3-21-19(22-11-7-13-25-2)23-17-9-6-12-24(15-17)18-10-5-4-8-16(18)14-20;/h4-5,8,10,17H,3,6-7,9,11-13,15H2,1-2H3,(H2,21,22,23);1H. The summed E-state index contributed by atoms with van der Waals surface area (Å²) in [5, 5.41) is 16.3. The Hall–Kier alpha value is -1.14. The van der Waals surface area contributed by atoms with Gasteiger partial charge in [0.05, 0.1) is 11.3 Å². The van der Waals surface area contributed by atoms with E-state index in [2.05, 4.69) is 39.8 Å². The van der Waals surface area contributed by atoms with E-state index >= 15 is 0 Å². The maximum atomic E-state index is 9.35. The minimum atomic E-state index is 0. The Balaban J connectivity index is 0.00000338. The smallest absolute Gasteiger partial charge is 0.191 e. The van der Waals surface area contributed by atoms with Gasteiger partial charge < -0.3 is 15.5 Å². The highest BCUT2D eigenvalue weighted by molar-refractivity contribution is 14.0. The topological polar surface area (TPSA) is 63.5 Å². The average Bonchev–Trinajstić information content (AvgIpc) is 2.65. The minimum absolute atomic E-state index is 0. The van der Waals surface area contributed by atoms with Crippen molar-refractivity contribution in [3.63, 3.8) is 0 Å². The maximum Gasteiger partial charge on any atom is 0.191 e. The molecule has 0 saturated carbocycles. The van der Waals surface area contributed by atoms with Crippen LogP contribution in [0.15, 0.2) is 29.3 Å². The molecular weight excluding hydrogens is 457 g/mol. The number of aliphatic imine (C=N–C) groups is 1. The van der Waals surface area contributed by atoms with Crippen LogP contribution in [0.5, 0.6) is 0 Å². The van der Waals surface area contributed by atoms with E-state index < -0.39 is 0 Å². The fraction of sp³-hybridized carbons (Fsp3) is 0.579. The van der Waals surface area contributed by atoms with Gasteiger partial charge in [-0.15, -0.1) is 24.0 Å². The first-order valence-corrected chi connectivity index (χ1v) is 10.5. The van der Waals surface area contributed by atoms with Crippen LogP contribution in [-0.2, 0) is 0 Å². The molecule has 1 heterocycles. The minimum Gasteiger partial charge on any atom is -0.368 e. The Morgan fingerprint density at radius 3 is 2.96 bits per heavy atom. The summed E-state index contributed by atoms with van der Waals surface area (Å²) in [4.78, 5) is 7.00. The van der Waals surface area contributed by atoms with E-state index in [0.717, 1.165) is 68.4 Å². The van der Waals surface area contributed by atoms with Crippen LogP contribution < -0.4 is 15.5 Å². The Kier molecular flexibility index (Phi) is 11.5. The number of anilines is 1. The van der Waals surface area contributed by atoms with Gasteiger partial charge in [0.25, 0.3) is 0 Å². The number of benzene rings is 1. The van der Waals surface area contributed by atoms with Gasteiger partial charge in [-0.3, -0.25) is 4.99 Å². The fourth-order valence-corrected chi connectivity index (χ4v) is 3.49. The van der Waals surface area contributed by atoms with Gasteiger partial charge in [0.15, 0.2) is 5.96 Å². The molecule has 0 radical (unpaired) electrons. The molecule has 1 saturated heterocycles. The lowest BCUT2D eigenvalue weighted by Crippen LogP contribution is -2.51. The predicted octanol–water partition coefficient (Wildman–Crippen LogP) is 3.45. The number of guanidine groups is 1. The van der Waals surface area contributed by atoms with Crippen LogP contribution in [0, 0.1) is 11.3 Å². The lowest BCUT2D eigenvalue weighted by Gasteiger charge is -2.35. The SMILES string of the molecule is CCNC(=NCCCSC)NC1CCCN(c2ccccc2C#N)C1.I. The lowest BCUT2D eigenvalue weighted by molar-refractivity contribution is 0.468. The highest BCUT2D eigenvalue weighted by Crippen LogP contribution is 2.23. The second-order valence-corrected chi connectivity index (χ2v) is 7.15. The summed E-state index contributed by atoms with van der Waals surface area (Å²) >= 11 is 1.86. The molecular formula is C19H30IN5S. The van der Waals surface area contributed by atoms with E-state index in [-0.39, 0.29) is 24.0 Å². The van der Waals surface area contributed by atoms with E-state index in [1.165, 1.54) is 0 Å². The van der Waals surface area contributed by atoms with E-state index in [1.807, 2.05) is 36.0 Å². The van der Waals surface area contributed by atoms with Crippen molar-refractivity contribution in [3.8, 4) is 6.07 Å². The average molecular weight is 487 g/mol. The van der Waals surface area contributed by atoms with Gasteiger partial charge in [-0.25, -0.2) is 0 Å². The molecule has 1 fully saturated rings. The van der Waals surface area contributed by atoms with E-state index in [9.17, 15) is 5.26 Å². The van der Waals surface area contributed by atoms with Crippen LogP contribution in [-0.4, -0.2) is 50.2 Å². The van der Waals surface area contributed by atoms with Gasteiger partial charge in [-0.05, 0) is 50.3 Å². The normalized spacial score (nSPS) is 17.2. The predicted molar refractivity (Wildman–Crippen MR) is 124 cm³/mol. The molecule has 7 heteroatoms. The third-order valence-corrected chi connectivity index (χ3v) is 4.95. The van der Waals surface area contributed by atoms with Crippen molar-refractivity contribution in [1.82, 2.24) is 10.6 Å². The molecule has 1 aromatic carbocycles. The summed E-state index contributed by atoms with van der Waals surface area (Å²) in [6, 6.07) is 10.5. The molecule has 144 valence electrons. The van der Waals surface area contributed by atoms with Crippen molar-refractivity contribution in [3.05, 3.63) is 29.8 Å². The van der Waals surface area contributed by atoms with E-state index in [4.69, 9.17) is 0 Å². The second kappa shape index (κ2) is 13.1. The Bertz CT molecular complexity index is 602. The number of nitriles is 1. The first-order valence-electron chi connectivity index (χ1n) is 9.06. The number of nitrogens with zero attached hydrogens (tertiary/aromatic N) is 3. The van der Waals surface area contributed by atoms with Crippen LogP contribution in [0.25, 0.3) is 0 Å². The number of thioether (sulfide) groups is 1. The first kappa shape index (κ1) is 22.9. The van der Waals surface area contributed by atoms with E-state index in [0.29, 0.717) is 6.04 Å². The molecule has 1 aliphatic rings. The van der Waals surface area contributed by atoms with Crippen LogP contribution in [0.3, 0.4) is 0 Å². The van der Waals surface area contributed by atoms with Gasteiger partial charge in [0, 0.05) is 32.2 Å². The summed E-state index contributed by atoms with van der Waals surface area (Å²) in [5.74, 6) is 2.05. The van der Waals surface area contributed by atoms with Gasteiger partial charge in [-0.2, -0.15) is 17.0 Å². The second-order valence-electron chi connectivity index (χ2n) is 6.17. The van der Waals surface area contributed by atoms with Crippen molar-refractivity contribution >= 4 is 47.4 Å². The number of hydrogen-bond donors (Lipinski definition) is 2. The zero-order valence-corrected chi connectivity index (χ0v) is 18.8.